The number of benzene rings is 2. The minimum Gasteiger partial charge on any atom is -0.494 e. The lowest BCUT2D eigenvalue weighted by molar-refractivity contribution is 0.0527. The fraction of sp³-hybridized carbons (Fsp3) is 0.444. The lowest BCUT2D eigenvalue weighted by atomic mass is 10.1. The predicted molar refractivity (Wildman–Crippen MR) is 129 cm³/mol. The van der Waals surface area contributed by atoms with Crippen molar-refractivity contribution in [3.63, 3.8) is 0 Å². The van der Waals surface area contributed by atoms with Crippen LogP contribution in [-0.4, -0.2) is 48.3 Å². The van der Waals surface area contributed by atoms with Crippen molar-refractivity contribution in [2.45, 2.75) is 46.1 Å². The van der Waals surface area contributed by atoms with Gasteiger partial charge in [-0.15, -0.1) is 0 Å². The Morgan fingerprint density at radius 2 is 1.81 bits per heavy atom. The molecule has 0 spiro atoms. The van der Waals surface area contributed by atoms with Crippen LogP contribution in [0.5, 0.6) is 5.75 Å². The first-order chi connectivity index (χ1) is 15.7. The smallest absolute Gasteiger partial charge is 0.340 e. The van der Waals surface area contributed by atoms with E-state index in [-0.39, 0.29) is 5.97 Å². The van der Waals surface area contributed by atoms with Gasteiger partial charge in [0.2, 0.25) is 0 Å². The van der Waals surface area contributed by atoms with Crippen molar-refractivity contribution >= 4 is 16.9 Å². The predicted octanol–water partition coefficient (Wildman–Crippen LogP) is 5.43. The number of esters is 1. The molecule has 0 aliphatic carbocycles. The molecule has 0 unspecified atom stereocenters. The molecule has 1 aliphatic heterocycles. The van der Waals surface area contributed by atoms with Gasteiger partial charge in [-0.25, -0.2) is 4.79 Å². The molecular formula is C27H34N2O3. The maximum Gasteiger partial charge on any atom is 0.340 e. The summed E-state index contributed by atoms with van der Waals surface area (Å²) in [4.78, 5) is 15.3. The molecule has 0 N–H and O–H groups in total. The molecule has 0 radical (unpaired) electrons. The van der Waals surface area contributed by atoms with Crippen LogP contribution in [0, 0.1) is 6.92 Å². The van der Waals surface area contributed by atoms with E-state index >= 15 is 0 Å². The molecule has 1 fully saturated rings. The first-order valence-corrected chi connectivity index (χ1v) is 11.9. The standard InChI is InChI=1S/C27H34N2O3/c1-3-31-27(30)26-21(2)29(20-22-11-6-4-7-12-22)25-14-13-23(19-24(25)26)32-18-10-17-28-15-8-5-9-16-28/h4,6-7,11-14,19H,3,5,8-10,15-18,20H2,1-2H3. The van der Waals surface area contributed by atoms with Crippen LogP contribution in [0.3, 0.4) is 0 Å². The van der Waals surface area contributed by atoms with Crippen LogP contribution in [0.1, 0.15) is 54.2 Å². The van der Waals surface area contributed by atoms with Gasteiger partial charge in [-0.1, -0.05) is 36.8 Å². The fourth-order valence-corrected chi connectivity index (χ4v) is 4.64. The van der Waals surface area contributed by atoms with E-state index < -0.39 is 0 Å². The highest BCUT2D eigenvalue weighted by Gasteiger charge is 2.22. The van der Waals surface area contributed by atoms with Gasteiger partial charge >= 0.3 is 5.97 Å². The highest BCUT2D eigenvalue weighted by atomic mass is 16.5. The molecule has 170 valence electrons. The Balaban J connectivity index is 1.54. The lowest BCUT2D eigenvalue weighted by Gasteiger charge is -2.26. The van der Waals surface area contributed by atoms with Gasteiger partial charge in [0.1, 0.15) is 5.75 Å². The number of hydrogen-bond donors (Lipinski definition) is 0. The Bertz CT molecular complexity index is 1040. The van der Waals surface area contributed by atoms with Gasteiger partial charge in [-0.3, -0.25) is 0 Å². The van der Waals surface area contributed by atoms with Crippen molar-refractivity contribution in [1.29, 1.82) is 0 Å². The maximum atomic E-state index is 12.8. The molecule has 0 atom stereocenters. The summed E-state index contributed by atoms with van der Waals surface area (Å²) < 4.78 is 13.7. The molecule has 1 saturated heterocycles. The number of carbonyl (C=O) groups excluding carboxylic acids is 1. The van der Waals surface area contributed by atoms with E-state index in [0.29, 0.717) is 25.3 Å². The van der Waals surface area contributed by atoms with E-state index in [9.17, 15) is 4.79 Å². The van der Waals surface area contributed by atoms with Crippen LogP contribution in [0.2, 0.25) is 0 Å². The third-order valence-electron chi connectivity index (χ3n) is 6.29. The summed E-state index contributed by atoms with van der Waals surface area (Å²) in [5.74, 6) is 0.530. The minimum absolute atomic E-state index is 0.274. The molecule has 1 aromatic heterocycles. The Hall–Kier alpha value is -2.79. The van der Waals surface area contributed by atoms with E-state index in [1.807, 2.05) is 44.2 Å². The van der Waals surface area contributed by atoms with Gasteiger partial charge in [0.15, 0.2) is 0 Å². The van der Waals surface area contributed by atoms with E-state index in [1.54, 1.807) is 0 Å². The first kappa shape index (κ1) is 22.4. The van der Waals surface area contributed by atoms with Crippen molar-refractivity contribution in [1.82, 2.24) is 9.47 Å². The van der Waals surface area contributed by atoms with Gasteiger partial charge in [0.05, 0.1) is 18.8 Å². The van der Waals surface area contributed by atoms with Gasteiger partial charge < -0.3 is 18.9 Å². The van der Waals surface area contributed by atoms with Crippen LogP contribution in [0.15, 0.2) is 48.5 Å². The topological polar surface area (TPSA) is 43.7 Å². The van der Waals surface area contributed by atoms with Gasteiger partial charge in [0, 0.05) is 29.7 Å². The molecular weight excluding hydrogens is 400 g/mol. The molecule has 0 bridgehead atoms. The maximum absolute atomic E-state index is 12.8. The average Bonchev–Trinajstić information content (AvgIpc) is 3.09. The third-order valence-corrected chi connectivity index (χ3v) is 6.29. The molecule has 3 aromatic rings. The number of likely N-dealkylation sites (tertiary alicyclic amines) is 1. The van der Waals surface area contributed by atoms with Crippen LogP contribution in [0.25, 0.3) is 10.9 Å². The van der Waals surface area contributed by atoms with Gasteiger partial charge in [0.25, 0.3) is 0 Å². The van der Waals surface area contributed by atoms with E-state index in [2.05, 4.69) is 27.7 Å². The highest BCUT2D eigenvalue weighted by Crippen LogP contribution is 2.31. The molecule has 2 heterocycles. The first-order valence-electron chi connectivity index (χ1n) is 11.9. The van der Waals surface area contributed by atoms with E-state index in [0.717, 1.165) is 35.3 Å². The summed E-state index contributed by atoms with van der Waals surface area (Å²) in [6.07, 6.45) is 5.00. The summed E-state index contributed by atoms with van der Waals surface area (Å²) in [5.41, 5.74) is 3.78. The zero-order chi connectivity index (χ0) is 22.3. The Labute approximate surface area is 190 Å². The summed E-state index contributed by atoms with van der Waals surface area (Å²) >= 11 is 0. The van der Waals surface area contributed by atoms with Gasteiger partial charge in [-0.05, 0) is 70.0 Å². The quantitative estimate of drug-likeness (QED) is 0.333. The molecule has 2 aromatic carbocycles. The molecule has 0 saturated carbocycles. The number of hydrogen-bond acceptors (Lipinski definition) is 4. The molecule has 4 rings (SSSR count). The largest absolute Gasteiger partial charge is 0.494 e. The fourth-order valence-electron chi connectivity index (χ4n) is 4.64. The summed E-state index contributed by atoms with van der Waals surface area (Å²) in [7, 11) is 0. The molecule has 5 heteroatoms. The van der Waals surface area contributed by atoms with Crippen LogP contribution in [0.4, 0.5) is 0 Å². The van der Waals surface area contributed by atoms with Crippen molar-refractivity contribution in [2.24, 2.45) is 0 Å². The number of carbonyl (C=O) groups is 1. The normalized spacial score (nSPS) is 14.6. The number of rotatable bonds is 9. The van der Waals surface area contributed by atoms with Crippen molar-refractivity contribution in [3.8, 4) is 5.75 Å². The minimum atomic E-state index is -0.274. The van der Waals surface area contributed by atoms with Crippen molar-refractivity contribution < 1.29 is 14.3 Å². The molecule has 32 heavy (non-hydrogen) atoms. The van der Waals surface area contributed by atoms with Crippen LogP contribution >= 0.6 is 0 Å². The third kappa shape index (κ3) is 5.16. The second-order valence-electron chi connectivity index (χ2n) is 8.54. The van der Waals surface area contributed by atoms with Crippen LogP contribution < -0.4 is 4.74 Å². The number of fused-ring (bicyclic) bond motifs is 1. The van der Waals surface area contributed by atoms with Gasteiger partial charge in [-0.2, -0.15) is 0 Å². The van der Waals surface area contributed by atoms with Crippen molar-refractivity contribution in [3.05, 3.63) is 65.4 Å². The summed E-state index contributed by atoms with van der Waals surface area (Å²) in [5, 5.41) is 0.894. The SMILES string of the molecule is CCOC(=O)c1c(C)n(Cc2ccccc2)c2ccc(OCCCN3CCCCC3)cc12. The zero-order valence-electron chi connectivity index (χ0n) is 19.3. The molecule has 1 aliphatic rings. The zero-order valence-corrected chi connectivity index (χ0v) is 19.3. The van der Waals surface area contributed by atoms with Crippen molar-refractivity contribution in [2.75, 3.05) is 32.8 Å². The number of ether oxygens (including phenoxy) is 2. The number of aromatic nitrogens is 1. The Morgan fingerprint density at radius 1 is 1.03 bits per heavy atom. The number of nitrogens with zero attached hydrogens (tertiary/aromatic N) is 2. The monoisotopic (exact) mass is 434 g/mol. The number of piperidine rings is 1. The molecule has 0 amide bonds. The van der Waals surface area contributed by atoms with E-state index in [4.69, 9.17) is 9.47 Å². The Kier molecular flexibility index (Phi) is 7.48. The van der Waals surface area contributed by atoms with E-state index in [1.165, 1.54) is 37.9 Å². The lowest BCUT2D eigenvalue weighted by Crippen LogP contribution is -2.31. The summed E-state index contributed by atoms with van der Waals surface area (Å²) in [6.45, 7) is 9.09. The van der Waals surface area contributed by atoms with Crippen LogP contribution in [-0.2, 0) is 11.3 Å². The highest BCUT2D eigenvalue weighted by molar-refractivity contribution is 6.06. The summed E-state index contributed by atoms with van der Waals surface area (Å²) in [6, 6.07) is 16.4. The second kappa shape index (κ2) is 10.7. The average molecular weight is 435 g/mol. The Morgan fingerprint density at radius 3 is 2.56 bits per heavy atom. The second-order valence-corrected chi connectivity index (χ2v) is 8.54. The molecule has 5 nitrogen and oxygen atoms in total.